The van der Waals surface area contributed by atoms with E-state index in [-0.39, 0.29) is 29.6 Å². The van der Waals surface area contributed by atoms with Gasteiger partial charge in [-0.15, -0.1) is 24.7 Å². The van der Waals surface area contributed by atoms with Crippen LogP contribution in [0.15, 0.2) is 188 Å². The SMILES string of the molecule is C#CC.C#CC.CC.Cc1cccc(C(C)C)c1N1C(=O)c2ccc3c4c(-c5ccc(N(c6ccccc6)c6ccccc6)cc5)cc(C(=O)N(C=O)c5c(C(C)C)cccc5C(C)C)c5c(C)ccc(c6c(C7=CCC=CC=C7)cc(c2c36)C1=O)c54. The Morgan fingerprint density at radius 1 is 0.540 bits per heavy atom. The van der Waals surface area contributed by atoms with Gasteiger partial charge in [0.2, 0.25) is 6.41 Å². The smallest absolute Gasteiger partial charge is 0.266 e. The molecule has 4 amide bonds. The zero-order valence-corrected chi connectivity index (χ0v) is 52.0. The van der Waals surface area contributed by atoms with Crippen molar-refractivity contribution in [3.8, 4) is 35.8 Å². The summed E-state index contributed by atoms with van der Waals surface area (Å²) in [6, 6.07) is 53.1. The highest BCUT2D eigenvalue weighted by atomic mass is 16.2. The third-order valence-electron chi connectivity index (χ3n) is 16.2. The van der Waals surface area contributed by atoms with Crippen LogP contribution in [0.25, 0.3) is 59.8 Å². The van der Waals surface area contributed by atoms with E-state index in [4.69, 9.17) is 0 Å². The fourth-order valence-electron chi connectivity index (χ4n) is 12.5. The van der Waals surface area contributed by atoms with Crippen molar-refractivity contribution >= 4 is 101 Å². The van der Waals surface area contributed by atoms with Gasteiger partial charge in [0.25, 0.3) is 17.7 Å². The molecule has 0 unspecified atom stereocenters. The number of benzene rings is 10. The predicted octanol–water partition coefficient (Wildman–Crippen LogP) is 20.7. The summed E-state index contributed by atoms with van der Waals surface area (Å²) in [7, 11) is 0. The monoisotopic (exact) mass is 1140 g/mol. The van der Waals surface area contributed by atoms with Crippen LogP contribution < -0.4 is 14.7 Å². The van der Waals surface area contributed by atoms with E-state index in [9.17, 15) is 4.79 Å². The highest BCUT2D eigenvalue weighted by Crippen LogP contribution is 2.52. The van der Waals surface area contributed by atoms with E-state index in [2.05, 4.69) is 156 Å². The molecule has 0 fully saturated rings. The van der Waals surface area contributed by atoms with Crippen molar-refractivity contribution in [3.63, 3.8) is 0 Å². The van der Waals surface area contributed by atoms with E-state index in [1.807, 2.05) is 131 Å². The molecule has 0 atom stereocenters. The molecule has 0 spiro atoms. The molecule has 0 radical (unpaired) electrons. The zero-order valence-electron chi connectivity index (χ0n) is 52.0. The van der Waals surface area contributed by atoms with Gasteiger partial charge in [-0.1, -0.05) is 189 Å². The lowest BCUT2D eigenvalue weighted by molar-refractivity contribution is -0.107. The summed E-state index contributed by atoms with van der Waals surface area (Å²) in [5, 5.41) is 6.47. The first-order chi connectivity index (χ1) is 42.1. The largest absolute Gasteiger partial charge is 0.311 e. The molecule has 10 aromatic carbocycles. The normalized spacial score (nSPS) is 12.5. The molecule has 7 heteroatoms. The number of amides is 4. The van der Waals surface area contributed by atoms with Crippen LogP contribution in [0.1, 0.15) is 158 Å². The lowest BCUT2D eigenvalue weighted by Gasteiger charge is -2.32. The molecule has 0 bridgehead atoms. The Morgan fingerprint density at radius 2 is 1.06 bits per heavy atom. The lowest BCUT2D eigenvalue weighted by atomic mass is 9.78. The van der Waals surface area contributed by atoms with Gasteiger partial charge in [0.15, 0.2) is 0 Å². The first kappa shape index (κ1) is 61.5. The number of terminal acetylenes is 2. The number of allylic oxidation sites excluding steroid dienone is 6. The molecule has 1 heterocycles. The quantitative estimate of drug-likeness (QED) is 0.0400. The maximum absolute atomic E-state index is 16.1. The summed E-state index contributed by atoms with van der Waals surface area (Å²) in [6.45, 7) is 23.8. The number of fused-ring (bicyclic) bond motifs is 2. The molecule has 0 saturated carbocycles. The van der Waals surface area contributed by atoms with E-state index in [1.165, 1.54) is 9.80 Å². The minimum atomic E-state index is -0.431. The van der Waals surface area contributed by atoms with Crippen molar-refractivity contribution in [1.29, 1.82) is 0 Å². The van der Waals surface area contributed by atoms with E-state index in [1.54, 1.807) is 13.8 Å². The Kier molecular flexibility index (Phi) is 18.7. The fraction of sp³-hybridized carbons (Fsp3) is 0.200. The summed E-state index contributed by atoms with van der Waals surface area (Å²) in [4.78, 5) is 66.0. The van der Waals surface area contributed by atoms with Gasteiger partial charge in [-0.2, -0.15) is 0 Å². The number of rotatable bonds is 12. The van der Waals surface area contributed by atoms with Crippen LogP contribution in [0.5, 0.6) is 0 Å². The van der Waals surface area contributed by atoms with Crippen LogP contribution in [-0.4, -0.2) is 24.1 Å². The number of carbonyl (C=O) groups is 4. The summed E-state index contributed by atoms with van der Waals surface area (Å²) in [5.74, 6) is 3.40. The Hall–Kier alpha value is -10.1. The highest BCUT2D eigenvalue weighted by molar-refractivity contribution is 6.45. The van der Waals surface area contributed by atoms with Gasteiger partial charge in [-0.05, 0) is 194 Å². The van der Waals surface area contributed by atoms with E-state index in [0.717, 1.165) is 105 Å². The molecule has 1 aliphatic heterocycles. The van der Waals surface area contributed by atoms with Crippen LogP contribution >= 0.6 is 0 Å². The zero-order chi connectivity index (χ0) is 62.4. The van der Waals surface area contributed by atoms with Crippen molar-refractivity contribution in [3.05, 3.63) is 238 Å². The molecular formula is C80H75N3O4. The molecule has 0 N–H and O–H groups in total. The van der Waals surface area contributed by atoms with Crippen molar-refractivity contribution in [1.82, 2.24) is 0 Å². The molecule has 2 aliphatic rings. The molecule has 10 aromatic rings. The second-order valence-electron chi connectivity index (χ2n) is 22.6. The van der Waals surface area contributed by atoms with Crippen LogP contribution in [0.4, 0.5) is 28.4 Å². The second kappa shape index (κ2) is 26.5. The molecule has 1 aliphatic carbocycles. The molecular weight excluding hydrogens is 1070 g/mol. The van der Waals surface area contributed by atoms with Crippen molar-refractivity contribution in [2.45, 2.75) is 107 Å². The van der Waals surface area contributed by atoms with Crippen molar-refractivity contribution < 1.29 is 19.2 Å². The number of hydrogen-bond donors (Lipinski definition) is 0. The van der Waals surface area contributed by atoms with Crippen molar-refractivity contribution in [2.75, 3.05) is 14.7 Å². The number of anilines is 5. The van der Waals surface area contributed by atoms with Gasteiger partial charge < -0.3 is 4.90 Å². The van der Waals surface area contributed by atoms with E-state index in [0.29, 0.717) is 46.3 Å². The average molecular weight is 1140 g/mol. The Balaban J connectivity index is 0.00000107. The Labute approximate surface area is 513 Å². The third kappa shape index (κ3) is 11.1. The average Bonchev–Trinajstić information content (AvgIpc) is 0.739. The topological polar surface area (TPSA) is 78.0 Å². The standard InChI is InChI=1S/C72H61N3O4.2C3H4.C2H6/c1-42(2)52-28-19-21-46(8)68(52)75-71(78)57-38-37-56-63-59(48-32-34-51(35-33-48)74(49-24-15-11-16-25-49)50-26-17-12-18-27-50)39-60(70(77)73(41-76)69-53(43(3)4)29-20-30-54(69)44(5)6)62-45(7)31-36-55(66(62)63)64-58(47-22-13-9-10-14-23-47)40-61(72(75)79)65(57)67(56)64;2*1-3-2;1-2/h9-13,15-44H,14H2,1-8H3;2*1H,2H3;1-2H3. The van der Waals surface area contributed by atoms with Gasteiger partial charge in [0, 0.05) is 39.1 Å². The summed E-state index contributed by atoms with van der Waals surface area (Å²) in [6.07, 6.45) is 21.0. The number of hydrogen-bond acceptors (Lipinski definition) is 5. The number of aryl methyl sites for hydroxylation is 2. The Bertz CT molecular complexity index is 4370. The molecule has 434 valence electrons. The van der Waals surface area contributed by atoms with Crippen molar-refractivity contribution in [2.24, 2.45) is 0 Å². The van der Waals surface area contributed by atoms with Gasteiger partial charge >= 0.3 is 0 Å². The van der Waals surface area contributed by atoms with E-state index < -0.39 is 5.91 Å². The highest BCUT2D eigenvalue weighted by Gasteiger charge is 2.39. The summed E-state index contributed by atoms with van der Waals surface area (Å²) in [5.41, 5.74) is 13.3. The summed E-state index contributed by atoms with van der Waals surface area (Å²) < 4.78 is 0. The number of imide groups is 2. The minimum Gasteiger partial charge on any atom is -0.311 e. The van der Waals surface area contributed by atoms with Gasteiger partial charge in [0.1, 0.15) is 0 Å². The molecule has 87 heavy (non-hydrogen) atoms. The molecule has 0 saturated heterocycles. The van der Waals surface area contributed by atoms with Crippen LogP contribution in [-0.2, 0) is 4.79 Å². The number of para-hydroxylation sites is 4. The minimum absolute atomic E-state index is 0.0156. The Morgan fingerprint density at radius 3 is 1.63 bits per heavy atom. The van der Waals surface area contributed by atoms with Crippen LogP contribution in [0, 0.1) is 38.5 Å². The first-order valence-corrected chi connectivity index (χ1v) is 30.1. The molecule has 7 nitrogen and oxygen atoms in total. The maximum Gasteiger partial charge on any atom is 0.266 e. The van der Waals surface area contributed by atoms with Crippen LogP contribution in [0.2, 0.25) is 0 Å². The van der Waals surface area contributed by atoms with Crippen LogP contribution in [0.3, 0.4) is 0 Å². The maximum atomic E-state index is 16.1. The fourth-order valence-corrected chi connectivity index (χ4v) is 12.5. The van der Waals surface area contributed by atoms with Gasteiger partial charge in [-0.25, -0.2) is 9.80 Å². The third-order valence-corrected chi connectivity index (χ3v) is 16.2. The number of nitrogens with zero attached hydrogens (tertiary/aromatic N) is 3. The second-order valence-corrected chi connectivity index (χ2v) is 22.6. The summed E-state index contributed by atoms with van der Waals surface area (Å²) >= 11 is 0. The lowest BCUT2D eigenvalue weighted by Crippen LogP contribution is -2.41. The molecule has 12 rings (SSSR count). The predicted molar refractivity (Wildman–Crippen MR) is 368 cm³/mol. The van der Waals surface area contributed by atoms with E-state index >= 15 is 14.4 Å². The number of carbonyl (C=O) groups excluding carboxylic acids is 4. The molecule has 0 aromatic heterocycles. The van der Waals surface area contributed by atoms with Gasteiger partial charge in [-0.3, -0.25) is 19.2 Å². The van der Waals surface area contributed by atoms with Gasteiger partial charge in [0.05, 0.1) is 11.4 Å². The first-order valence-electron chi connectivity index (χ1n) is 30.1.